The van der Waals surface area contributed by atoms with Gasteiger partial charge in [-0.2, -0.15) is 15.6 Å². The van der Waals surface area contributed by atoms with Gasteiger partial charge in [0.15, 0.2) is 11.4 Å². The molecular formula is C42H80N4O5. The number of rotatable bonds is 36. The molecule has 4 unspecified atom stereocenters. The van der Waals surface area contributed by atoms with Crippen LogP contribution in [0.15, 0.2) is 23.3 Å². The summed E-state index contributed by atoms with van der Waals surface area (Å²) >= 11 is 0. The molecule has 0 aliphatic rings. The van der Waals surface area contributed by atoms with Crippen LogP contribution in [0.3, 0.4) is 0 Å². The van der Waals surface area contributed by atoms with Crippen molar-refractivity contribution in [1.29, 1.82) is 0 Å². The lowest BCUT2D eigenvalue weighted by Gasteiger charge is -2.18. The summed E-state index contributed by atoms with van der Waals surface area (Å²) in [6.45, 7) is 6.82. The van der Waals surface area contributed by atoms with Crippen LogP contribution in [-0.4, -0.2) is 27.3 Å². The second-order valence-corrected chi connectivity index (χ2v) is 15.3. The fraction of sp³-hybridized carbons (Fsp3) is 0.833. The van der Waals surface area contributed by atoms with Crippen LogP contribution in [0.1, 0.15) is 213 Å². The Morgan fingerprint density at radius 1 is 0.627 bits per heavy atom. The van der Waals surface area contributed by atoms with Crippen LogP contribution in [0, 0.1) is 16.3 Å². The molecular weight excluding hydrogens is 640 g/mol. The van der Waals surface area contributed by atoms with E-state index in [4.69, 9.17) is 0 Å². The largest absolute Gasteiger partial charge is 0.595 e. The molecule has 0 spiro atoms. The van der Waals surface area contributed by atoms with Gasteiger partial charge in [0.25, 0.3) is 0 Å². The van der Waals surface area contributed by atoms with Crippen molar-refractivity contribution in [3.05, 3.63) is 28.6 Å². The maximum Gasteiger partial charge on any atom is 0.195 e. The smallest absolute Gasteiger partial charge is 0.195 e. The summed E-state index contributed by atoms with van der Waals surface area (Å²) in [5.74, 6) is 0.880. The predicted octanol–water partition coefficient (Wildman–Crippen LogP) is 11.0. The molecule has 0 aliphatic carbocycles. The summed E-state index contributed by atoms with van der Waals surface area (Å²) in [5, 5.41) is 54.2. The first kappa shape index (κ1) is 47.4. The van der Waals surface area contributed by atoms with Gasteiger partial charge in [-0.05, 0) is 50.5 Å². The minimum Gasteiger partial charge on any atom is -0.595 e. The summed E-state index contributed by atoms with van der Waals surface area (Å²) in [4.78, 5) is 0. The van der Waals surface area contributed by atoms with Gasteiger partial charge in [0.05, 0.1) is 12.2 Å². The number of hydrogen-bond acceptors (Lipinski definition) is 7. The van der Waals surface area contributed by atoms with Crippen LogP contribution < -0.4 is 15.9 Å². The Bertz CT molecular complexity index is 961. The van der Waals surface area contributed by atoms with E-state index < -0.39 is 10.5 Å². The van der Waals surface area contributed by atoms with Crippen LogP contribution >= 0.6 is 0 Å². The van der Waals surface area contributed by atoms with Crippen LogP contribution in [-0.2, 0) is 0 Å². The molecule has 4 atom stereocenters. The van der Waals surface area contributed by atoms with Gasteiger partial charge in [-0.15, -0.1) is 0 Å². The average Bonchev–Trinajstić information content (AvgIpc) is 3.12. The molecule has 0 radical (unpaired) electrons. The maximum absolute atomic E-state index is 11.7. The van der Waals surface area contributed by atoms with Gasteiger partial charge in [-0.25, -0.2) is 10.4 Å². The number of hydrazone groups is 1. The Labute approximate surface area is 312 Å². The highest BCUT2D eigenvalue weighted by Gasteiger charge is 2.14. The van der Waals surface area contributed by atoms with Crippen molar-refractivity contribution in [2.24, 2.45) is 11.0 Å². The molecule has 6 N–H and O–H groups in total. The number of quaternary nitrogens is 2. The van der Waals surface area contributed by atoms with Gasteiger partial charge in [-0.3, -0.25) is 5.43 Å². The zero-order valence-corrected chi connectivity index (χ0v) is 33.2. The van der Waals surface area contributed by atoms with Crippen LogP contribution in [0.4, 0.5) is 17.1 Å². The number of nitrogens with one attached hydrogen (secondary N) is 3. The third-order valence-corrected chi connectivity index (χ3v) is 10.6. The van der Waals surface area contributed by atoms with Crippen molar-refractivity contribution in [3.63, 3.8) is 0 Å². The molecule has 1 rings (SSSR count). The van der Waals surface area contributed by atoms with Gasteiger partial charge in [0.2, 0.25) is 0 Å². The highest BCUT2D eigenvalue weighted by molar-refractivity contribution is 5.85. The van der Waals surface area contributed by atoms with E-state index in [1.807, 2.05) is 0 Å². The molecule has 0 amide bonds. The van der Waals surface area contributed by atoms with Crippen molar-refractivity contribution in [3.8, 4) is 0 Å². The molecule has 0 saturated carbocycles. The van der Waals surface area contributed by atoms with E-state index in [9.17, 15) is 25.9 Å². The molecule has 51 heavy (non-hydrogen) atoms. The first-order valence-corrected chi connectivity index (χ1v) is 21.4. The molecule has 1 aromatic carbocycles. The van der Waals surface area contributed by atoms with Crippen molar-refractivity contribution in [1.82, 2.24) is 0 Å². The third-order valence-electron chi connectivity index (χ3n) is 10.6. The minimum atomic E-state index is -1.17. The molecule has 298 valence electrons. The second-order valence-electron chi connectivity index (χ2n) is 15.3. The van der Waals surface area contributed by atoms with E-state index in [0.29, 0.717) is 5.69 Å². The highest BCUT2D eigenvalue weighted by Crippen LogP contribution is 2.22. The third kappa shape index (κ3) is 26.8. The van der Waals surface area contributed by atoms with E-state index in [-0.39, 0.29) is 17.5 Å². The lowest BCUT2D eigenvalue weighted by atomic mass is 9.99. The summed E-state index contributed by atoms with van der Waals surface area (Å²) in [7, 11) is 0. The fourth-order valence-electron chi connectivity index (χ4n) is 6.84. The summed E-state index contributed by atoms with van der Waals surface area (Å²) < 4.78 is 0. The molecule has 0 heterocycles. The van der Waals surface area contributed by atoms with Crippen molar-refractivity contribution in [2.45, 2.75) is 219 Å². The zero-order valence-electron chi connectivity index (χ0n) is 33.2. The quantitative estimate of drug-likeness (QED) is 0.0232. The molecule has 0 saturated heterocycles. The molecule has 9 heteroatoms. The standard InChI is InChI=1S/C42H80N4O5/c1-4-6-24-30-38(43-44-41-35-34-39(45(48)49)36-42(41)46(50)51)31-26-21-17-15-13-11-9-7-8-10-12-14-16-18-22-27-32-40(47)33-28-23-19-20-25-29-37(3)5-2/h34-37,40,44-48,50H,4-33H2,1-3H3. The number of hydrogen-bond donors (Lipinski definition) is 6. The number of aliphatic hydroxyl groups is 1. The van der Waals surface area contributed by atoms with Crippen molar-refractivity contribution < 1.29 is 26.0 Å². The first-order valence-electron chi connectivity index (χ1n) is 21.4. The predicted molar refractivity (Wildman–Crippen MR) is 214 cm³/mol. The first-order chi connectivity index (χ1) is 24.8. The topological polar surface area (TPSA) is 140 Å². The molecule has 1 aromatic rings. The molecule has 9 nitrogen and oxygen atoms in total. The Hall–Kier alpha value is -1.59. The van der Waals surface area contributed by atoms with E-state index >= 15 is 0 Å². The SMILES string of the molecule is CCCCCC(CCCCCCCCCCCCCCCCCCC(O)CCCCCCCC(C)CC)=NNc1ccc([NH+]([O-])O)cc1[NH+]([O-])O. The Balaban J connectivity index is 2.01. The number of nitrogens with zero attached hydrogens (tertiary/aromatic N) is 1. The Kier molecular flexibility index (Phi) is 30.7. The minimum absolute atomic E-state index is 0.0513. The van der Waals surface area contributed by atoms with Gasteiger partial charge in [-0.1, -0.05) is 175 Å². The van der Waals surface area contributed by atoms with Gasteiger partial charge in [0.1, 0.15) is 5.69 Å². The Morgan fingerprint density at radius 2 is 1.06 bits per heavy atom. The van der Waals surface area contributed by atoms with E-state index in [1.165, 1.54) is 159 Å². The molecule has 0 aromatic heterocycles. The van der Waals surface area contributed by atoms with Gasteiger partial charge >= 0.3 is 0 Å². The Morgan fingerprint density at radius 3 is 1.49 bits per heavy atom. The summed E-state index contributed by atoms with van der Waals surface area (Å²) in [5.41, 5.74) is 4.15. The summed E-state index contributed by atoms with van der Waals surface area (Å²) in [6.07, 6.45) is 37.1. The van der Waals surface area contributed by atoms with Crippen LogP contribution in [0.2, 0.25) is 0 Å². The van der Waals surface area contributed by atoms with E-state index in [2.05, 4.69) is 31.3 Å². The highest BCUT2D eigenvalue weighted by atomic mass is 16.8. The lowest BCUT2D eigenvalue weighted by molar-refractivity contribution is -0.996. The number of benzene rings is 1. The fourth-order valence-corrected chi connectivity index (χ4v) is 6.84. The van der Waals surface area contributed by atoms with Crippen LogP contribution in [0.25, 0.3) is 0 Å². The molecule has 0 bridgehead atoms. The second kappa shape index (κ2) is 33.0. The average molecular weight is 721 g/mol. The van der Waals surface area contributed by atoms with E-state index in [0.717, 1.165) is 63.0 Å². The van der Waals surface area contributed by atoms with Crippen LogP contribution in [0.5, 0.6) is 0 Å². The van der Waals surface area contributed by atoms with Gasteiger partial charge < -0.3 is 15.5 Å². The number of aliphatic hydroxyl groups excluding tert-OH is 1. The van der Waals surface area contributed by atoms with Crippen molar-refractivity contribution >= 4 is 22.8 Å². The monoisotopic (exact) mass is 721 g/mol. The maximum atomic E-state index is 11.7. The normalized spacial score (nSPS) is 14.5. The summed E-state index contributed by atoms with van der Waals surface area (Å²) in [6, 6.07) is 4.06. The van der Waals surface area contributed by atoms with Crippen molar-refractivity contribution in [2.75, 3.05) is 5.43 Å². The molecule has 0 aliphatic heterocycles. The number of anilines is 1. The molecule has 0 fully saturated rings. The van der Waals surface area contributed by atoms with E-state index in [1.54, 1.807) is 0 Å². The number of unbranched alkanes of at least 4 members (excludes halogenated alkanes) is 21. The zero-order chi connectivity index (χ0) is 37.4. The van der Waals surface area contributed by atoms with Gasteiger partial charge in [0, 0.05) is 11.8 Å². The lowest BCUT2D eigenvalue weighted by Crippen LogP contribution is -3.00.